The van der Waals surface area contributed by atoms with Gasteiger partial charge in [-0.2, -0.15) is 0 Å². The van der Waals surface area contributed by atoms with Gasteiger partial charge < -0.3 is 14.1 Å². The van der Waals surface area contributed by atoms with Crippen molar-refractivity contribution in [3.63, 3.8) is 0 Å². The van der Waals surface area contributed by atoms with E-state index < -0.39 is 12.1 Å². The Morgan fingerprint density at radius 2 is 1.71 bits per heavy atom. The molecule has 0 bridgehead atoms. The van der Waals surface area contributed by atoms with Crippen LogP contribution in [0.1, 0.15) is 45.2 Å². The van der Waals surface area contributed by atoms with Gasteiger partial charge in [-0.25, -0.2) is 4.79 Å². The Morgan fingerprint density at radius 1 is 1.08 bits per heavy atom. The topological polar surface area (TPSA) is 59.8 Å². The molecule has 6 heteroatoms. The molecule has 0 unspecified atom stereocenters. The highest BCUT2D eigenvalue weighted by Crippen LogP contribution is 2.24. The summed E-state index contributed by atoms with van der Waals surface area (Å²) in [7, 11) is 0. The number of hydrogen-bond acceptors (Lipinski definition) is 4. The second-order valence-electron chi connectivity index (χ2n) is 6.27. The first-order chi connectivity index (χ1) is 11.2. The lowest BCUT2D eigenvalue weighted by Crippen LogP contribution is -2.47. The molecule has 0 saturated heterocycles. The number of carbonyl (C=O) groups excluding carboxylic acids is 2. The van der Waals surface area contributed by atoms with Crippen molar-refractivity contribution < 1.29 is 18.7 Å². The molecular formula is C18H22ClNO4. The lowest BCUT2D eigenvalue weighted by Gasteiger charge is -2.32. The van der Waals surface area contributed by atoms with E-state index in [1.54, 1.807) is 36.1 Å². The van der Waals surface area contributed by atoms with Crippen LogP contribution in [0.2, 0.25) is 5.02 Å². The van der Waals surface area contributed by atoms with Crippen LogP contribution in [0.15, 0.2) is 28.7 Å². The van der Waals surface area contributed by atoms with Crippen molar-refractivity contribution in [3.05, 3.63) is 35.0 Å². The van der Waals surface area contributed by atoms with Crippen molar-refractivity contribution in [2.75, 3.05) is 0 Å². The van der Waals surface area contributed by atoms with Gasteiger partial charge in [0.15, 0.2) is 6.10 Å². The monoisotopic (exact) mass is 351 g/mol. The van der Waals surface area contributed by atoms with Crippen molar-refractivity contribution in [2.45, 2.75) is 52.8 Å². The highest BCUT2D eigenvalue weighted by molar-refractivity contribution is 6.31. The molecule has 0 spiro atoms. The summed E-state index contributed by atoms with van der Waals surface area (Å²) >= 11 is 5.92. The van der Waals surface area contributed by atoms with E-state index in [9.17, 15) is 9.59 Å². The van der Waals surface area contributed by atoms with Crippen molar-refractivity contribution in [2.24, 2.45) is 0 Å². The van der Waals surface area contributed by atoms with Crippen LogP contribution in [0.5, 0.6) is 0 Å². The van der Waals surface area contributed by atoms with Gasteiger partial charge >= 0.3 is 5.97 Å². The molecule has 1 atom stereocenters. The first kappa shape index (κ1) is 18.3. The third-order valence-corrected chi connectivity index (χ3v) is 3.91. The van der Waals surface area contributed by atoms with E-state index in [1.807, 2.05) is 27.7 Å². The minimum absolute atomic E-state index is 0.0204. The van der Waals surface area contributed by atoms with Gasteiger partial charge in [0.1, 0.15) is 5.58 Å². The zero-order valence-corrected chi connectivity index (χ0v) is 15.3. The Labute approximate surface area is 146 Å². The Hall–Kier alpha value is -2.01. The molecular weight excluding hydrogens is 330 g/mol. The van der Waals surface area contributed by atoms with Gasteiger partial charge in [0.25, 0.3) is 5.91 Å². The smallest absolute Gasteiger partial charge is 0.375 e. The molecule has 0 aliphatic heterocycles. The van der Waals surface area contributed by atoms with Gasteiger partial charge in [0.2, 0.25) is 5.76 Å². The maximum Gasteiger partial charge on any atom is 0.375 e. The second-order valence-corrected chi connectivity index (χ2v) is 6.71. The largest absolute Gasteiger partial charge is 0.449 e. The lowest BCUT2D eigenvalue weighted by atomic mass is 10.2. The van der Waals surface area contributed by atoms with Crippen LogP contribution < -0.4 is 0 Å². The number of benzene rings is 1. The number of halogens is 1. The molecule has 2 aromatic rings. The van der Waals surface area contributed by atoms with Gasteiger partial charge in [-0.15, -0.1) is 0 Å². The molecule has 0 saturated carbocycles. The van der Waals surface area contributed by atoms with Gasteiger partial charge in [-0.1, -0.05) is 11.6 Å². The number of rotatable bonds is 5. The fourth-order valence-corrected chi connectivity index (χ4v) is 2.88. The average Bonchev–Trinajstić information content (AvgIpc) is 2.89. The van der Waals surface area contributed by atoms with Crippen molar-refractivity contribution in [1.82, 2.24) is 4.90 Å². The molecule has 0 N–H and O–H groups in total. The normalized spacial score (nSPS) is 12.7. The fraction of sp³-hybridized carbons (Fsp3) is 0.444. The van der Waals surface area contributed by atoms with Crippen LogP contribution in [-0.2, 0) is 9.53 Å². The number of hydrogen-bond donors (Lipinski definition) is 0. The van der Waals surface area contributed by atoms with E-state index in [1.165, 1.54) is 0 Å². The van der Waals surface area contributed by atoms with E-state index in [-0.39, 0.29) is 23.8 Å². The maximum absolute atomic E-state index is 12.5. The summed E-state index contributed by atoms with van der Waals surface area (Å²) in [6.45, 7) is 9.27. The molecule has 1 aromatic heterocycles. The summed E-state index contributed by atoms with van der Waals surface area (Å²) in [5.41, 5.74) is 0.538. The van der Waals surface area contributed by atoms with Gasteiger partial charge in [0, 0.05) is 22.5 Å². The Kier molecular flexibility index (Phi) is 5.54. The molecule has 130 valence electrons. The third kappa shape index (κ3) is 3.90. The highest BCUT2D eigenvalue weighted by atomic mass is 35.5. The zero-order chi connectivity index (χ0) is 18.0. The van der Waals surface area contributed by atoms with Crippen LogP contribution in [0.4, 0.5) is 0 Å². The number of amides is 1. The molecule has 0 radical (unpaired) electrons. The SMILES string of the molecule is CC(C)N(C(=O)[C@H](C)OC(=O)c1cc2cc(Cl)ccc2o1)C(C)C. The van der Waals surface area contributed by atoms with Gasteiger partial charge in [-0.3, -0.25) is 4.79 Å². The number of fused-ring (bicyclic) bond motifs is 1. The summed E-state index contributed by atoms with van der Waals surface area (Å²) in [5, 5.41) is 1.26. The Bertz CT molecular complexity index is 743. The molecule has 0 fully saturated rings. The Balaban J connectivity index is 2.13. The Morgan fingerprint density at radius 3 is 2.29 bits per heavy atom. The van der Waals surface area contributed by atoms with Gasteiger partial charge in [-0.05, 0) is 58.9 Å². The molecule has 1 amide bonds. The van der Waals surface area contributed by atoms with E-state index in [0.717, 1.165) is 0 Å². The fourth-order valence-electron chi connectivity index (χ4n) is 2.70. The quantitative estimate of drug-likeness (QED) is 0.754. The number of esters is 1. The van der Waals surface area contributed by atoms with E-state index in [4.69, 9.17) is 20.8 Å². The first-order valence-corrected chi connectivity index (χ1v) is 8.30. The molecule has 5 nitrogen and oxygen atoms in total. The predicted octanol–water partition coefficient (Wildman–Crippen LogP) is 4.28. The lowest BCUT2D eigenvalue weighted by molar-refractivity contribution is -0.143. The number of furan rings is 1. The maximum atomic E-state index is 12.5. The first-order valence-electron chi connectivity index (χ1n) is 7.93. The molecule has 2 rings (SSSR count). The number of nitrogens with zero attached hydrogens (tertiary/aromatic N) is 1. The molecule has 24 heavy (non-hydrogen) atoms. The van der Waals surface area contributed by atoms with Crippen molar-refractivity contribution >= 4 is 34.4 Å². The van der Waals surface area contributed by atoms with Crippen LogP contribution in [0, 0.1) is 0 Å². The summed E-state index contributed by atoms with van der Waals surface area (Å²) in [5.74, 6) is -0.851. The minimum atomic E-state index is -0.890. The van der Waals surface area contributed by atoms with Crippen molar-refractivity contribution in [3.8, 4) is 0 Å². The second kappa shape index (κ2) is 7.26. The van der Waals surface area contributed by atoms with Crippen LogP contribution in [-0.4, -0.2) is 35.0 Å². The van der Waals surface area contributed by atoms with Crippen LogP contribution in [0.3, 0.4) is 0 Å². The number of ether oxygens (including phenoxy) is 1. The third-order valence-electron chi connectivity index (χ3n) is 3.68. The van der Waals surface area contributed by atoms with E-state index in [0.29, 0.717) is 16.0 Å². The van der Waals surface area contributed by atoms with Gasteiger partial charge in [0.05, 0.1) is 0 Å². The summed E-state index contributed by atoms with van der Waals surface area (Å²) in [6, 6.07) is 6.66. The summed E-state index contributed by atoms with van der Waals surface area (Å²) < 4.78 is 10.7. The predicted molar refractivity (Wildman–Crippen MR) is 93.2 cm³/mol. The molecule has 1 heterocycles. The minimum Gasteiger partial charge on any atom is -0.449 e. The average molecular weight is 352 g/mol. The van der Waals surface area contributed by atoms with E-state index in [2.05, 4.69) is 0 Å². The summed E-state index contributed by atoms with van der Waals surface area (Å²) in [4.78, 5) is 26.5. The standard InChI is InChI=1S/C18H22ClNO4/c1-10(2)20(11(3)4)17(21)12(5)23-18(22)16-9-13-8-14(19)6-7-15(13)24-16/h6-12H,1-5H3/t12-/m0/s1. The van der Waals surface area contributed by atoms with Crippen molar-refractivity contribution in [1.29, 1.82) is 0 Å². The summed E-state index contributed by atoms with van der Waals surface area (Å²) in [6.07, 6.45) is -0.890. The molecule has 0 aliphatic carbocycles. The molecule has 1 aromatic carbocycles. The number of carbonyl (C=O) groups is 2. The van der Waals surface area contributed by atoms with Crippen LogP contribution in [0.25, 0.3) is 11.0 Å². The molecule has 0 aliphatic rings. The zero-order valence-electron chi connectivity index (χ0n) is 14.5. The highest BCUT2D eigenvalue weighted by Gasteiger charge is 2.28. The van der Waals surface area contributed by atoms with Crippen LogP contribution >= 0.6 is 11.6 Å². The van der Waals surface area contributed by atoms with E-state index >= 15 is 0 Å².